The highest BCUT2D eigenvalue weighted by atomic mass is 32.2. The second-order valence-corrected chi connectivity index (χ2v) is 5.89. The van der Waals surface area contributed by atoms with E-state index >= 15 is 0 Å². The van der Waals surface area contributed by atoms with Crippen molar-refractivity contribution >= 4 is 11.8 Å². The Kier molecular flexibility index (Phi) is 3.29. The van der Waals surface area contributed by atoms with E-state index in [1.165, 1.54) is 30.0 Å². The lowest BCUT2D eigenvalue weighted by atomic mass is 10.1. The van der Waals surface area contributed by atoms with E-state index in [-0.39, 0.29) is 0 Å². The van der Waals surface area contributed by atoms with Crippen molar-refractivity contribution in [1.82, 2.24) is 4.68 Å². The lowest BCUT2D eigenvalue weighted by Crippen LogP contribution is -2.38. The van der Waals surface area contributed by atoms with Crippen LogP contribution in [0.5, 0.6) is 0 Å². The average Bonchev–Trinajstić information content (AvgIpc) is 2.53. The highest BCUT2D eigenvalue weighted by molar-refractivity contribution is 7.99. The minimum absolute atomic E-state index is 0.619. The number of thioether (sulfide) groups is 1. The van der Waals surface area contributed by atoms with Crippen molar-refractivity contribution < 1.29 is 0 Å². The number of nitrogens with zero attached hydrogens (tertiary/aromatic N) is 1. The van der Waals surface area contributed by atoms with Crippen LogP contribution >= 0.6 is 11.8 Å². The lowest BCUT2D eigenvalue weighted by Gasteiger charge is -2.31. The van der Waals surface area contributed by atoms with Crippen molar-refractivity contribution in [3.8, 4) is 0 Å². The Morgan fingerprint density at radius 3 is 2.60 bits per heavy atom. The first-order chi connectivity index (χ1) is 7.18. The quantitative estimate of drug-likeness (QED) is 0.832. The molecule has 0 amide bonds. The molecule has 0 aromatic carbocycles. The Labute approximate surface area is 96.4 Å². The lowest BCUT2D eigenvalue weighted by molar-refractivity contribution is 0.557. The summed E-state index contributed by atoms with van der Waals surface area (Å²) in [5.41, 5.74) is 6.25. The summed E-state index contributed by atoms with van der Waals surface area (Å²) in [6, 6.07) is 4.96. The number of aromatic nitrogens is 1. The van der Waals surface area contributed by atoms with Crippen LogP contribution in [-0.2, 0) is 0 Å². The first-order valence-electron chi connectivity index (χ1n) is 5.71. The molecule has 2 nitrogen and oxygen atoms in total. The number of rotatable bonds is 2. The van der Waals surface area contributed by atoms with Crippen molar-refractivity contribution in [1.29, 1.82) is 0 Å². The van der Waals surface area contributed by atoms with Gasteiger partial charge in [0.2, 0.25) is 0 Å². The van der Waals surface area contributed by atoms with Crippen LogP contribution in [0.15, 0.2) is 12.1 Å². The van der Waals surface area contributed by atoms with E-state index in [0.717, 1.165) is 5.25 Å². The normalized spacial score (nSPS) is 26.6. The Bertz CT molecular complexity index is 313. The van der Waals surface area contributed by atoms with Gasteiger partial charge >= 0.3 is 0 Å². The van der Waals surface area contributed by atoms with E-state index in [9.17, 15) is 0 Å². The topological polar surface area (TPSA) is 17.0 Å². The monoisotopic (exact) mass is 224 g/mol. The van der Waals surface area contributed by atoms with Gasteiger partial charge in [0.1, 0.15) is 0 Å². The summed E-state index contributed by atoms with van der Waals surface area (Å²) in [5, 5.41) is 0.722. The zero-order valence-electron chi connectivity index (χ0n) is 9.79. The molecule has 1 fully saturated rings. The highest BCUT2D eigenvalue weighted by Crippen LogP contribution is 2.26. The van der Waals surface area contributed by atoms with E-state index in [0.29, 0.717) is 6.04 Å². The molecule has 1 aliphatic heterocycles. The van der Waals surface area contributed by atoms with Gasteiger partial charge in [-0.3, -0.25) is 4.68 Å². The van der Waals surface area contributed by atoms with E-state index in [1.54, 1.807) is 0 Å². The summed E-state index contributed by atoms with van der Waals surface area (Å²) in [7, 11) is 0. The van der Waals surface area contributed by atoms with Gasteiger partial charge in [-0.2, -0.15) is 11.8 Å². The Morgan fingerprint density at radius 2 is 2.00 bits per heavy atom. The average molecular weight is 224 g/mol. The molecule has 0 radical (unpaired) electrons. The van der Waals surface area contributed by atoms with Gasteiger partial charge < -0.3 is 5.43 Å². The molecule has 2 unspecified atom stereocenters. The molecular formula is C12H20N2S. The third-order valence-electron chi connectivity index (χ3n) is 3.17. The SMILES string of the molecule is Cc1ccc(C)n1NC1CCCSC1C. The molecule has 1 saturated heterocycles. The van der Waals surface area contributed by atoms with Crippen LogP contribution in [0.2, 0.25) is 0 Å². The van der Waals surface area contributed by atoms with E-state index < -0.39 is 0 Å². The summed E-state index contributed by atoms with van der Waals surface area (Å²) >= 11 is 2.08. The Morgan fingerprint density at radius 1 is 1.33 bits per heavy atom. The standard InChI is InChI=1S/C12H20N2S/c1-9-6-7-10(2)14(9)13-12-5-4-8-15-11(12)3/h6-7,11-13H,4-5,8H2,1-3H3. The molecule has 1 aromatic rings. The van der Waals surface area contributed by atoms with Crippen LogP contribution in [-0.4, -0.2) is 21.7 Å². The summed E-state index contributed by atoms with van der Waals surface area (Å²) in [6.07, 6.45) is 2.64. The number of aryl methyl sites for hydroxylation is 2. The van der Waals surface area contributed by atoms with E-state index in [4.69, 9.17) is 0 Å². The molecule has 3 heteroatoms. The molecule has 0 spiro atoms. The zero-order valence-corrected chi connectivity index (χ0v) is 10.6. The third-order valence-corrected chi connectivity index (χ3v) is 4.55. The zero-order chi connectivity index (χ0) is 10.8. The molecule has 2 rings (SSSR count). The fourth-order valence-corrected chi connectivity index (χ4v) is 3.27. The summed E-state index contributed by atoms with van der Waals surface area (Å²) in [4.78, 5) is 0. The second kappa shape index (κ2) is 4.52. The maximum atomic E-state index is 3.64. The van der Waals surface area contributed by atoms with Gasteiger partial charge in [0.05, 0.1) is 6.04 Å². The van der Waals surface area contributed by atoms with Crippen molar-refractivity contribution in [2.75, 3.05) is 11.2 Å². The van der Waals surface area contributed by atoms with Gasteiger partial charge in [-0.15, -0.1) is 0 Å². The van der Waals surface area contributed by atoms with Crippen LogP contribution in [0.1, 0.15) is 31.2 Å². The van der Waals surface area contributed by atoms with Crippen molar-refractivity contribution in [2.24, 2.45) is 0 Å². The van der Waals surface area contributed by atoms with E-state index in [2.05, 4.69) is 54.8 Å². The van der Waals surface area contributed by atoms with Crippen molar-refractivity contribution in [2.45, 2.75) is 44.9 Å². The number of nitrogens with one attached hydrogen (secondary N) is 1. The van der Waals surface area contributed by atoms with Crippen molar-refractivity contribution in [3.63, 3.8) is 0 Å². The summed E-state index contributed by atoms with van der Waals surface area (Å²) < 4.78 is 2.23. The molecule has 1 aliphatic rings. The number of hydrogen-bond donors (Lipinski definition) is 1. The highest BCUT2D eigenvalue weighted by Gasteiger charge is 2.22. The largest absolute Gasteiger partial charge is 0.322 e. The van der Waals surface area contributed by atoms with Gasteiger partial charge in [0.25, 0.3) is 0 Å². The van der Waals surface area contributed by atoms with Crippen molar-refractivity contribution in [3.05, 3.63) is 23.5 Å². The molecule has 2 heterocycles. The molecular weight excluding hydrogens is 204 g/mol. The first kappa shape index (κ1) is 10.9. The predicted molar refractivity (Wildman–Crippen MR) is 68.2 cm³/mol. The molecule has 1 aromatic heterocycles. The van der Waals surface area contributed by atoms with Gasteiger partial charge in [-0.25, -0.2) is 0 Å². The Balaban J connectivity index is 2.07. The second-order valence-electron chi connectivity index (χ2n) is 4.41. The molecule has 1 N–H and O–H groups in total. The Hall–Kier alpha value is -0.570. The van der Waals surface area contributed by atoms with Gasteiger partial charge in [-0.05, 0) is 44.6 Å². The minimum Gasteiger partial charge on any atom is -0.322 e. The smallest absolute Gasteiger partial charge is 0.0540 e. The van der Waals surface area contributed by atoms with Crippen LogP contribution in [0, 0.1) is 13.8 Å². The fraction of sp³-hybridized carbons (Fsp3) is 0.667. The van der Waals surface area contributed by atoms with Crippen LogP contribution < -0.4 is 5.43 Å². The van der Waals surface area contributed by atoms with Crippen LogP contribution in [0.25, 0.3) is 0 Å². The van der Waals surface area contributed by atoms with Gasteiger partial charge in [0, 0.05) is 16.6 Å². The van der Waals surface area contributed by atoms with Crippen LogP contribution in [0.4, 0.5) is 0 Å². The summed E-state index contributed by atoms with van der Waals surface area (Å²) in [5.74, 6) is 1.32. The third kappa shape index (κ3) is 2.33. The maximum Gasteiger partial charge on any atom is 0.0540 e. The predicted octanol–water partition coefficient (Wildman–Crippen LogP) is 2.93. The molecule has 0 aliphatic carbocycles. The number of hydrogen-bond acceptors (Lipinski definition) is 2. The summed E-state index contributed by atoms with van der Waals surface area (Å²) in [6.45, 7) is 6.64. The molecule has 84 valence electrons. The molecule has 15 heavy (non-hydrogen) atoms. The van der Waals surface area contributed by atoms with Gasteiger partial charge in [0.15, 0.2) is 0 Å². The molecule has 0 saturated carbocycles. The van der Waals surface area contributed by atoms with Crippen LogP contribution in [0.3, 0.4) is 0 Å². The maximum absolute atomic E-state index is 3.64. The van der Waals surface area contributed by atoms with E-state index in [1.807, 2.05) is 0 Å². The molecule has 2 atom stereocenters. The molecule has 0 bridgehead atoms. The fourth-order valence-electron chi connectivity index (χ4n) is 2.13. The first-order valence-corrected chi connectivity index (χ1v) is 6.76. The minimum atomic E-state index is 0.619. The van der Waals surface area contributed by atoms with Gasteiger partial charge in [-0.1, -0.05) is 6.92 Å².